The Hall–Kier alpha value is -3.57. The fourth-order valence-corrected chi connectivity index (χ4v) is 6.03. The standard InChI is InChI=1S/C33H38N2O3/c1-22-30-8-6-5-7-25(30)20-31(22)33(36)35(28-14-12-27(34-2)13-15-28)21-26-19-24(11-18-32(26)38-4)23-9-16-29(37-3)17-10-23/h5-11,16-19,27-28,34H,12-15,20-21H2,1-4H3. The summed E-state index contributed by atoms with van der Waals surface area (Å²) in [6.07, 6.45) is 4.85. The number of benzene rings is 3. The van der Waals surface area contributed by atoms with Crippen LogP contribution in [-0.4, -0.2) is 44.2 Å². The molecule has 38 heavy (non-hydrogen) atoms. The van der Waals surface area contributed by atoms with E-state index < -0.39 is 0 Å². The fourth-order valence-electron chi connectivity index (χ4n) is 6.03. The van der Waals surface area contributed by atoms with Gasteiger partial charge in [-0.05, 0) is 91.7 Å². The number of amides is 1. The van der Waals surface area contributed by atoms with E-state index in [2.05, 4.69) is 65.7 Å². The van der Waals surface area contributed by atoms with E-state index in [4.69, 9.17) is 9.47 Å². The quantitative estimate of drug-likeness (QED) is 0.389. The minimum Gasteiger partial charge on any atom is -0.497 e. The predicted octanol–water partition coefficient (Wildman–Crippen LogP) is 6.26. The molecule has 0 radical (unpaired) electrons. The Kier molecular flexibility index (Phi) is 7.85. The molecular weight excluding hydrogens is 472 g/mol. The molecule has 3 aromatic carbocycles. The number of hydrogen-bond acceptors (Lipinski definition) is 4. The molecule has 5 heteroatoms. The van der Waals surface area contributed by atoms with Crippen molar-refractivity contribution in [3.8, 4) is 22.6 Å². The van der Waals surface area contributed by atoms with Crippen LogP contribution in [0.1, 0.15) is 49.3 Å². The van der Waals surface area contributed by atoms with Crippen molar-refractivity contribution in [1.29, 1.82) is 0 Å². The van der Waals surface area contributed by atoms with Crippen LogP contribution in [0.5, 0.6) is 11.5 Å². The van der Waals surface area contributed by atoms with Gasteiger partial charge in [-0.3, -0.25) is 4.79 Å². The van der Waals surface area contributed by atoms with Crippen molar-refractivity contribution in [2.75, 3.05) is 21.3 Å². The molecule has 0 bridgehead atoms. The smallest absolute Gasteiger partial charge is 0.250 e. The Labute approximate surface area is 226 Å². The number of fused-ring (bicyclic) bond motifs is 1. The highest BCUT2D eigenvalue weighted by Gasteiger charge is 2.33. The second-order valence-electron chi connectivity index (χ2n) is 10.4. The molecular formula is C33H38N2O3. The van der Waals surface area contributed by atoms with E-state index >= 15 is 0 Å². The zero-order valence-corrected chi connectivity index (χ0v) is 22.9. The fraction of sp³-hybridized carbons (Fsp3) is 0.364. The van der Waals surface area contributed by atoms with Crippen molar-refractivity contribution >= 4 is 11.5 Å². The molecule has 198 valence electrons. The molecule has 0 aromatic heterocycles. The maximum Gasteiger partial charge on any atom is 0.250 e. The van der Waals surface area contributed by atoms with Gasteiger partial charge in [0, 0.05) is 36.2 Å². The van der Waals surface area contributed by atoms with Crippen molar-refractivity contribution in [3.63, 3.8) is 0 Å². The molecule has 1 amide bonds. The molecule has 1 N–H and O–H groups in total. The first-order chi connectivity index (χ1) is 18.5. The van der Waals surface area contributed by atoms with Crippen molar-refractivity contribution in [2.24, 2.45) is 0 Å². The summed E-state index contributed by atoms with van der Waals surface area (Å²) in [6, 6.07) is 23.5. The summed E-state index contributed by atoms with van der Waals surface area (Å²) in [5.41, 5.74) is 7.70. The lowest BCUT2D eigenvalue weighted by Crippen LogP contribution is -2.45. The van der Waals surface area contributed by atoms with Crippen LogP contribution in [0.15, 0.2) is 72.3 Å². The van der Waals surface area contributed by atoms with Crippen LogP contribution in [0.4, 0.5) is 0 Å². The van der Waals surface area contributed by atoms with Gasteiger partial charge in [-0.2, -0.15) is 0 Å². The zero-order valence-electron chi connectivity index (χ0n) is 22.9. The number of rotatable bonds is 8. The summed E-state index contributed by atoms with van der Waals surface area (Å²) in [7, 11) is 5.42. The van der Waals surface area contributed by atoms with Crippen LogP contribution in [0.3, 0.4) is 0 Å². The number of carbonyl (C=O) groups excluding carboxylic acids is 1. The SMILES string of the molecule is CNC1CCC(N(Cc2cc(-c3ccc(OC)cc3)ccc2OC)C(=O)C2=C(C)c3ccccc3C2)CC1. The second kappa shape index (κ2) is 11.4. The number of hydrogen-bond donors (Lipinski definition) is 1. The van der Waals surface area contributed by atoms with Gasteiger partial charge >= 0.3 is 0 Å². The monoisotopic (exact) mass is 510 g/mol. The summed E-state index contributed by atoms with van der Waals surface area (Å²) in [4.78, 5) is 16.4. The lowest BCUT2D eigenvalue weighted by molar-refractivity contribution is -0.130. The molecule has 0 heterocycles. The average Bonchev–Trinajstić information content (AvgIpc) is 3.32. The first-order valence-corrected chi connectivity index (χ1v) is 13.6. The maximum atomic E-state index is 14.3. The second-order valence-corrected chi connectivity index (χ2v) is 10.4. The van der Waals surface area contributed by atoms with E-state index in [9.17, 15) is 4.79 Å². The van der Waals surface area contributed by atoms with Gasteiger partial charge in [0.05, 0.1) is 14.2 Å². The minimum absolute atomic E-state index is 0.156. The van der Waals surface area contributed by atoms with Gasteiger partial charge in [0.2, 0.25) is 0 Å². The zero-order chi connectivity index (χ0) is 26.6. The molecule has 1 fully saturated rings. The lowest BCUT2D eigenvalue weighted by Gasteiger charge is -2.37. The Morgan fingerprint density at radius 2 is 1.63 bits per heavy atom. The van der Waals surface area contributed by atoms with Crippen LogP contribution >= 0.6 is 0 Å². The molecule has 3 aromatic rings. The third-order valence-corrected chi connectivity index (χ3v) is 8.35. The Balaban J connectivity index is 1.48. The van der Waals surface area contributed by atoms with Crippen LogP contribution in [0, 0.1) is 0 Å². The van der Waals surface area contributed by atoms with Gasteiger partial charge in [-0.25, -0.2) is 0 Å². The average molecular weight is 511 g/mol. The Bertz CT molecular complexity index is 1320. The highest BCUT2D eigenvalue weighted by atomic mass is 16.5. The minimum atomic E-state index is 0.156. The van der Waals surface area contributed by atoms with Crippen molar-refractivity contribution < 1.29 is 14.3 Å². The number of carbonyl (C=O) groups is 1. The molecule has 5 nitrogen and oxygen atoms in total. The molecule has 0 atom stereocenters. The van der Waals surface area contributed by atoms with Crippen LogP contribution in [0.2, 0.25) is 0 Å². The normalized spacial score (nSPS) is 18.7. The molecule has 2 aliphatic rings. The topological polar surface area (TPSA) is 50.8 Å². The predicted molar refractivity (Wildman–Crippen MR) is 153 cm³/mol. The third kappa shape index (κ3) is 5.21. The van der Waals surface area contributed by atoms with E-state index in [-0.39, 0.29) is 11.9 Å². The highest BCUT2D eigenvalue weighted by Crippen LogP contribution is 2.36. The van der Waals surface area contributed by atoms with Gasteiger partial charge in [0.25, 0.3) is 5.91 Å². The first-order valence-electron chi connectivity index (χ1n) is 13.6. The van der Waals surface area contributed by atoms with Crippen LogP contribution in [-0.2, 0) is 17.8 Å². The number of methoxy groups -OCH3 is 2. The van der Waals surface area contributed by atoms with Crippen molar-refractivity contribution in [3.05, 3.63) is 89.0 Å². The third-order valence-electron chi connectivity index (χ3n) is 8.35. The van der Waals surface area contributed by atoms with E-state index in [1.807, 2.05) is 25.2 Å². The summed E-state index contributed by atoms with van der Waals surface area (Å²) in [6.45, 7) is 2.62. The number of nitrogens with one attached hydrogen (secondary N) is 1. The van der Waals surface area contributed by atoms with Crippen LogP contribution in [0.25, 0.3) is 16.7 Å². The molecule has 1 saturated carbocycles. The molecule has 5 rings (SSSR count). The molecule has 0 saturated heterocycles. The summed E-state index contributed by atoms with van der Waals surface area (Å²) < 4.78 is 11.1. The number of ether oxygens (including phenoxy) is 2. The van der Waals surface area contributed by atoms with Gasteiger partial charge in [-0.1, -0.05) is 42.5 Å². The summed E-state index contributed by atoms with van der Waals surface area (Å²) in [5, 5.41) is 3.43. The van der Waals surface area contributed by atoms with Crippen molar-refractivity contribution in [1.82, 2.24) is 10.2 Å². The number of nitrogens with zero attached hydrogens (tertiary/aromatic N) is 1. The number of allylic oxidation sites excluding steroid dienone is 1. The Morgan fingerprint density at radius 3 is 2.29 bits per heavy atom. The first kappa shape index (κ1) is 26.1. The molecule has 0 aliphatic heterocycles. The van der Waals surface area contributed by atoms with Gasteiger partial charge in [0.1, 0.15) is 11.5 Å². The van der Waals surface area contributed by atoms with E-state index in [1.54, 1.807) is 14.2 Å². The molecule has 0 spiro atoms. The summed E-state index contributed by atoms with van der Waals surface area (Å²) in [5.74, 6) is 1.80. The largest absolute Gasteiger partial charge is 0.497 e. The maximum absolute atomic E-state index is 14.3. The highest BCUT2D eigenvalue weighted by molar-refractivity contribution is 6.03. The Morgan fingerprint density at radius 1 is 0.921 bits per heavy atom. The van der Waals surface area contributed by atoms with Crippen molar-refractivity contribution in [2.45, 2.75) is 57.7 Å². The van der Waals surface area contributed by atoms with E-state index in [1.165, 1.54) is 11.1 Å². The van der Waals surface area contributed by atoms with E-state index in [0.717, 1.165) is 65.0 Å². The lowest BCUT2D eigenvalue weighted by atomic mass is 9.89. The van der Waals surface area contributed by atoms with Gasteiger partial charge < -0.3 is 19.7 Å². The van der Waals surface area contributed by atoms with Gasteiger partial charge in [-0.15, -0.1) is 0 Å². The van der Waals surface area contributed by atoms with Crippen LogP contribution < -0.4 is 14.8 Å². The summed E-state index contributed by atoms with van der Waals surface area (Å²) >= 11 is 0. The molecule has 0 unspecified atom stereocenters. The van der Waals surface area contributed by atoms with E-state index in [0.29, 0.717) is 19.0 Å². The van der Waals surface area contributed by atoms with Gasteiger partial charge in [0.15, 0.2) is 0 Å². The molecule has 2 aliphatic carbocycles.